The van der Waals surface area contributed by atoms with Crippen LogP contribution in [0, 0.1) is 0 Å². The molecule has 1 heterocycles. The number of carbonyl (C=O) groups is 1. The first-order valence-corrected chi connectivity index (χ1v) is 10.4. The molecule has 0 atom stereocenters. The molecule has 0 aliphatic heterocycles. The zero-order valence-corrected chi connectivity index (χ0v) is 16.8. The van der Waals surface area contributed by atoms with Gasteiger partial charge in [0.15, 0.2) is 5.16 Å². The highest BCUT2D eigenvalue weighted by molar-refractivity contribution is 7.99. The molecular formula is C20H19N3O3S2. The molecule has 0 aliphatic rings. The Morgan fingerprint density at radius 3 is 2.71 bits per heavy atom. The quantitative estimate of drug-likeness (QED) is 0.432. The zero-order valence-electron chi connectivity index (χ0n) is 15.2. The van der Waals surface area contributed by atoms with E-state index in [9.17, 15) is 9.59 Å². The molecule has 1 aromatic heterocycles. The highest BCUT2D eigenvalue weighted by atomic mass is 32.2. The second-order valence-corrected chi connectivity index (χ2v) is 7.73. The van der Waals surface area contributed by atoms with Crippen LogP contribution in [0.25, 0.3) is 0 Å². The highest BCUT2D eigenvalue weighted by Crippen LogP contribution is 2.22. The van der Waals surface area contributed by atoms with E-state index in [1.54, 1.807) is 43.1 Å². The second kappa shape index (κ2) is 10.0. The molecule has 0 radical (unpaired) electrons. The molecule has 0 spiro atoms. The minimum absolute atomic E-state index is 0.134. The minimum atomic E-state index is -0.227. The molecule has 0 saturated carbocycles. The van der Waals surface area contributed by atoms with Crippen molar-refractivity contribution in [2.75, 3.05) is 18.2 Å². The maximum Gasteiger partial charge on any atom is 0.251 e. The van der Waals surface area contributed by atoms with Crippen LogP contribution in [-0.2, 0) is 10.5 Å². The third-order valence-electron chi connectivity index (χ3n) is 3.60. The van der Waals surface area contributed by atoms with E-state index in [1.165, 1.54) is 17.8 Å². The number of H-pyrrole nitrogens is 1. The SMILES string of the molecule is COc1cccc(NC(=O)CSc2nc(CSc3ccccc3)cc(=O)[nH]2)c1. The van der Waals surface area contributed by atoms with Crippen LogP contribution >= 0.6 is 23.5 Å². The van der Waals surface area contributed by atoms with Gasteiger partial charge in [-0.2, -0.15) is 0 Å². The first-order valence-electron chi connectivity index (χ1n) is 8.47. The summed E-state index contributed by atoms with van der Waals surface area (Å²) in [6, 6.07) is 18.5. The second-order valence-electron chi connectivity index (χ2n) is 5.71. The third-order valence-corrected chi connectivity index (χ3v) is 5.52. The zero-order chi connectivity index (χ0) is 19.8. The standard InChI is InChI=1S/C20H19N3O3S2/c1-26-16-7-5-6-14(10-16)21-19(25)13-28-20-22-15(11-18(24)23-20)12-27-17-8-3-2-4-9-17/h2-11H,12-13H2,1H3,(H,21,25)(H,22,23,24). The Balaban J connectivity index is 1.57. The Morgan fingerprint density at radius 1 is 1.11 bits per heavy atom. The predicted octanol–water partition coefficient (Wildman–Crippen LogP) is 3.80. The van der Waals surface area contributed by atoms with E-state index in [0.717, 1.165) is 4.90 Å². The van der Waals surface area contributed by atoms with Gasteiger partial charge in [-0.1, -0.05) is 36.0 Å². The smallest absolute Gasteiger partial charge is 0.251 e. The van der Waals surface area contributed by atoms with Crippen molar-refractivity contribution in [3.63, 3.8) is 0 Å². The number of anilines is 1. The lowest BCUT2D eigenvalue weighted by molar-refractivity contribution is -0.113. The van der Waals surface area contributed by atoms with Gasteiger partial charge in [-0.3, -0.25) is 9.59 Å². The van der Waals surface area contributed by atoms with Gasteiger partial charge in [0.1, 0.15) is 5.75 Å². The lowest BCUT2D eigenvalue weighted by Crippen LogP contribution is -2.15. The number of rotatable bonds is 8. The fourth-order valence-corrected chi connectivity index (χ4v) is 3.84. The fourth-order valence-electron chi connectivity index (χ4n) is 2.33. The minimum Gasteiger partial charge on any atom is -0.497 e. The number of aromatic nitrogens is 2. The number of methoxy groups -OCH3 is 1. The average molecular weight is 414 g/mol. The molecule has 0 aliphatic carbocycles. The van der Waals surface area contributed by atoms with E-state index in [0.29, 0.717) is 28.0 Å². The van der Waals surface area contributed by atoms with Crippen molar-refractivity contribution < 1.29 is 9.53 Å². The van der Waals surface area contributed by atoms with Crippen molar-refractivity contribution in [2.45, 2.75) is 15.8 Å². The molecule has 1 amide bonds. The summed E-state index contributed by atoms with van der Waals surface area (Å²) in [6.07, 6.45) is 0. The fraction of sp³-hybridized carbons (Fsp3) is 0.150. The van der Waals surface area contributed by atoms with Crippen LogP contribution in [-0.4, -0.2) is 28.7 Å². The number of hydrogen-bond acceptors (Lipinski definition) is 6. The van der Waals surface area contributed by atoms with Crippen LogP contribution in [0.1, 0.15) is 5.69 Å². The maximum atomic E-state index is 12.2. The molecule has 144 valence electrons. The van der Waals surface area contributed by atoms with Gasteiger partial charge in [-0.05, 0) is 24.3 Å². The monoisotopic (exact) mass is 413 g/mol. The number of ether oxygens (including phenoxy) is 1. The molecule has 0 unspecified atom stereocenters. The molecule has 0 fully saturated rings. The molecule has 3 aromatic rings. The molecule has 0 bridgehead atoms. The van der Waals surface area contributed by atoms with E-state index in [1.807, 2.05) is 30.3 Å². The Labute approximate surface area is 171 Å². The molecule has 2 aromatic carbocycles. The number of nitrogens with zero attached hydrogens (tertiary/aromatic N) is 1. The van der Waals surface area contributed by atoms with E-state index in [4.69, 9.17) is 4.74 Å². The first kappa shape index (κ1) is 20.0. The summed E-state index contributed by atoms with van der Waals surface area (Å²) in [7, 11) is 1.57. The van der Waals surface area contributed by atoms with Gasteiger partial charge in [0.05, 0.1) is 18.6 Å². The molecule has 3 rings (SSSR count). The summed E-state index contributed by atoms with van der Waals surface area (Å²) >= 11 is 2.79. The number of thioether (sulfide) groups is 2. The summed E-state index contributed by atoms with van der Waals surface area (Å²) < 4.78 is 5.14. The topological polar surface area (TPSA) is 84.1 Å². The molecule has 28 heavy (non-hydrogen) atoms. The molecule has 6 nitrogen and oxygen atoms in total. The van der Waals surface area contributed by atoms with Crippen molar-refractivity contribution in [2.24, 2.45) is 0 Å². The summed E-state index contributed by atoms with van der Waals surface area (Å²) in [5, 5.41) is 3.23. The van der Waals surface area contributed by atoms with Crippen molar-refractivity contribution in [3.8, 4) is 5.75 Å². The van der Waals surface area contributed by atoms with E-state index in [-0.39, 0.29) is 17.2 Å². The summed E-state index contributed by atoms with van der Waals surface area (Å²) in [6.45, 7) is 0. The van der Waals surface area contributed by atoms with Crippen LogP contribution in [0.2, 0.25) is 0 Å². The van der Waals surface area contributed by atoms with Gasteiger partial charge in [-0.15, -0.1) is 11.8 Å². The van der Waals surface area contributed by atoms with Crippen molar-refractivity contribution in [1.29, 1.82) is 0 Å². The number of hydrogen-bond donors (Lipinski definition) is 2. The number of carbonyl (C=O) groups excluding carboxylic acids is 1. The van der Waals surface area contributed by atoms with E-state index >= 15 is 0 Å². The Hall–Kier alpha value is -2.71. The van der Waals surface area contributed by atoms with Gasteiger partial charge >= 0.3 is 0 Å². The summed E-state index contributed by atoms with van der Waals surface area (Å²) in [5.74, 6) is 1.19. The number of benzene rings is 2. The van der Waals surface area contributed by atoms with Gasteiger partial charge in [0, 0.05) is 28.5 Å². The molecule has 2 N–H and O–H groups in total. The maximum absolute atomic E-state index is 12.2. The Morgan fingerprint density at radius 2 is 1.93 bits per heavy atom. The Kier molecular flexibility index (Phi) is 7.16. The van der Waals surface area contributed by atoms with Gasteiger partial charge < -0.3 is 15.0 Å². The summed E-state index contributed by atoms with van der Waals surface area (Å²) in [4.78, 5) is 32.3. The van der Waals surface area contributed by atoms with E-state index < -0.39 is 0 Å². The average Bonchev–Trinajstić information content (AvgIpc) is 2.71. The molecule has 0 saturated heterocycles. The van der Waals surface area contributed by atoms with Gasteiger partial charge in [0.2, 0.25) is 5.91 Å². The highest BCUT2D eigenvalue weighted by Gasteiger charge is 2.08. The lowest BCUT2D eigenvalue weighted by atomic mass is 10.3. The van der Waals surface area contributed by atoms with Crippen LogP contribution in [0.4, 0.5) is 5.69 Å². The lowest BCUT2D eigenvalue weighted by Gasteiger charge is -2.07. The van der Waals surface area contributed by atoms with Gasteiger partial charge in [-0.25, -0.2) is 4.98 Å². The van der Waals surface area contributed by atoms with Gasteiger partial charge in [0.25, 0.3) is 5.56 Å². The molecular weight excluding hydrogens is 394 g/mol. The van der Waals surface area contributed by atoms with Crippen LogP contribution in [0.5, 0.6) is 5.75 Å². The first-order chi connectivity index (χ1) is 13.6. The molecule has 8 heteroatoms. The third kappa shape index (κ3) is 6.17. The van der Waals surface area contributed by atoms with E-state index in [2.05, 4.69) is 15.3 Å². The van der Waals surface area contributed by atoms with Crippen LogP contribution in [0.15, 0.2) is 75.5 Å². The van der Waals surface area contributed by atoms with Crippen LogP contribution < -0.4 is 15.6 Å². The van der Waals surface area contributed by atoms with Crippen molar-refractivity contribution in [1.82, 2.24) is 9.97 Å². The largest absolute Gasteiger partial charge is 0.497 e. The number of nitrogens with one attached hydrogen (secondary N) is 2. The predicted molar refractivity (Wildman–Crippen MR) is 113 cm³/mol. The van der Waals surface area contributed by atoms with Crippen LogP contribution in [0.3, 0.4) is 0 Å². The van der Waals surface area contributed by atoms with Crippen molar-refractivity contribution >= 4 is 35.1 Å². The van der Waals surface area contributed by atoms with Crippen molar-refractivity contribution in [3.05, 3.63) is 76.7 Å². The normalized spacial score (nSPS) is 10.5. The Bertz CT molecular complexity index is 993. The summed E-state index contributed by atoms with van der Waals surface area (Å²) in [5.41, 5.74) is 1.10. The number of amides is 1. The number of aromatic amines is 1.